The molecule has 3 rings (SSSR count). The summed E-state index contributed by atoms with van der Waals surface area (Å²) in [6.07, 6.45) is -0.472. The molecular formula is C24H34BF2O6Si-. The van der Waals surface area contributed by atoms with Gasteiger partial charge in [-0.15, -0.1) is 0 Å². The third-order valence-corrected chi connectivity index (χ3v) is 8.64. The van der Waals surface area contributed by atoms with E-state index in [1.807, 2.05) is 39.0 Å². The molecule has 34 heavy (non-hydrogen) atoms. The van der Waals surface area contributed by atoms with Gasteiger partial charge in [0.05, 0.1) is 6.61 Å². The van der Waals surface area contributed by atoms with Crippen molar-refractivity contribution in [2.24, 2.45) is 0 Å². The molecule has 1 aliphatic rings. The topological polar surface area (TPSA) is 55.4 Å². The van der Waals surface area contributed by atoms with Gasteiger partial charge in [-0.2, -0.15) is 0 Å². The summed E-state index contributed by atoms with van der Waals surface area (Å²) in [5.41, 5.74) is 1.37. The van der Waals surface area contributed by atoms with Gasteiger partial charge in [0, 0.05) is 44.5 Å². The van der Waals surface area contributed by atoms with Crippen LogP contribution in [0.15, 0.2) is 54.6 Å². The fraction of sp³-hybridized carbons (Fsp3) is 0.500. The van der Waals surface area contributed by atoms with Crippen LogP contribution in [-0.4, -0.2) is 42.3 Å². The van der Waals surface area contributed by atoms with E-state index in [1.165, 1.54) is 0 Å². The van der Waals surface area contributed by atoms with Gasteiger partial charge < -0.3 is 36.0 Å². The summed E-state index contributed by atoms with van der Waals surface area (Å²) in [4.78, 5) is 0. The van der Waals surface area contributed by atoms with Gasteiger partial charge in [0.15, 0.2) is 0 Å². The van der Waals surface area contributed by atoms with E-state index in [0.717, 1.165) is 0 Å². The van der Waals surface area contributed by atoms with E-state index in [2.05, 4.69) is 0 Å². The molecule has 10 heteroatoms. The minimum atomic E-state index is -4.36. The van der Waals surface area contributed by atoms with Crippen molar-refractivity contribution in [2.75, 3.05) is 26.4 Å². The zero-order valence-corrected chi connectivity index (χ0v) is 21.1. The molecule has 1 fully saturated rings. The predicted molar refractivity (Wildman–Crippen MR) is 129 cm³/mol. The maximum atomic E-state index is 14.2. The molecule has 2 aromatic carbocycles. The SMILES string of the molecule is CCO[Si](CCCOc1ccc(C2CC(c3ccccc3)O[B-](F)(F)O2)cc1)(OCC)OCC. The standard InChI is InChI=1S/C24H34BF2O6Si/c1-4-29-34(30-5-2,31-6-3)18-10-17-28-22-15-13-21(14-16-22)24-19-23(32-25(26,27)33-24)20-11-8-7-9-12-20/h7-9,11-16,23-24H,4-6,10,17-19H2,1-3H3/q-1. The van der Waals surface area contributed by atoms with Gasteiger partial charge in [-0.05, 0) is 50.5 Å². The summed E-state index contributed by atoms with van der Waals surface area (Å²) in [5.74, 6) is 0.657. The molecule has 2 unspecified atom stereocenters. The minimum Gasteiger partial charge on any atom is -0.505 e. The number of rotatable bonds is 13. The lowest BCUT2D eigenvalue weighted by molar-refractivity contribution is -0.0530. The summed E-state index contributed by atoms with van der Waals surface area (Å²) >= 11 is 0. The van der Waals surface area contributed by atoms with Gasteiger partial charge in [0.25, 0.3) is 0 Å². The van der Waals surface area contributed by atoms with Crippen LogP contribution in [0.3, 0.4) is 0 Å². The Morgan fingerprint density at radius 2 is 1.35 bits per heavy atom. The fourth-order valence-electron chi connectivity index (χ4n) is 4.08. The lowest BCUT2D eigenvalue weighted by Crippen LogP contribution is -2.46. The molecule has 1 saturated heterocycles. The van der Waals surface area contributed by atoms with E-state index in [9.17, 15) is 8.63 Å². The molecule has 2 atom stereocenters. The summed E-state index contributed by atoms with van der Waals surface area (Å²) in [5, 5.41) is 0. The van der Waals surface area contributed by atoms with E-state index in [-0.39, 0.29) is 0 Å². The van der Waals surface area contributed by atoms with Gasteiger partial charge in [0.2, 0.25) is 0 Å². The molecule has 0 saturated carbocycles. The molecule has 0 N–H and O–H groups in total. The van der Waals surface area contributed by atoms with E-state index < -0.39 is 28.1 Å². The van der Waals surface area contributed by atoms with Crippen LogP contribution in [0.25, 0.3) is 0 Å². The second-order valence-electron chi connectivity index (χ2n) is 7.93. The van der Waals surface area contributed by atoms with Crippen LogP contribution >= 0.6 is 0 Å². The average molecular weight is 495 g/mol. The first-order valence-electron chi connectivity index (χ1n) is 12.0. The van der Waals surface area contributed by atoms with E-state index in [4.69, 9.17) is 27.3 Å². The summed E-state index contributed by atoms with van der Waals surface area (Å²) in [6.45, 7) is 7.86. The van der Waals surface area contributed by atoms with Crippen molar-refractivity contribution < 1.29 is 36.0 Å². The van der Waals surface area contributed by atoms with Gasteiger partial charge in [-0.25, -0.2) is 0 Å². The Morgan fingerprint density at radius 1 is 0.824 bits per heavy atom. The van der Waals surface area contributed by atoms with Crippen LogP contribution in [0, 0.1) is 0 Å². The normalized spacial score (nSPS) is 20.3. The van der Waals surface area contributed by atoms with Crippen LogP contribution in [0.5, 0.6) is 5.75 Å². The molecule has 0 spiro atoms. The van der Waals surface area contributed by atoms with Gasteiger partial charge in [0.1, 0.15) is 5.75 Å². The highest BCUT2D eigenvalue weighted by Gasteiger charge is 2.41. The largest absolute Gasteiger partial charge is 0.602 e. The van der Waals surface area contributed by atoms with Crippen molar-refractivity contribution in [3.05, 3.63) is 65.7 Å². The minimum absolute atomic E-state index is 0.306. The quantitative estimate of drug-likeness (QED) is 0.247. The highest BCUT2D eigenvalue weighted by Crippen LogP contribution is 2.42. The number of halogens is 2. The molecule has 188 valence electrons. The van der Waals surface area contributed by atoms with E-state index >= 15 is 0 Å². The third kappa shape index (κ3) is 7.59. The maximum Gasteiger partial charge on any atom is 0.602 e. The molecule has 0 radical (unpaired) electrons. The smallest absolute Gasteiger partial charge is 0.505 e. The second kappa shape index (κ2) is 12.8. The van der Waals surface area contributed by atoms with Crippen LogP contribution in [-0.2, 0) is 22.6 Å². The highest BCUT2D eigenvalue weighted by molar-refractivity contribution is 6.60. The van der Waals surface area contributed by atoms with E-state index in [1.54, 1.807) is 36.4 Å². The first kappa shape index (κ1) is 26.8. The molecule has 0 bridgehead atoms. The van der Waals surface area contributed by atoms with Crippen LogP contribution in [0.1, 0.15) is 56.9 Å². The molecule has 2 aromatic rings. The molecule has 6 nitrogen and oxygen atoms in total. The molecule has 1 heterocycles. The summed E-state index contributed by atoms with van der Waals surface area (Å²) < 4.78 is 61.7. The zero-order valence-electron chi connectivity index (χ0n) is 20.1. The Balaban J connectivity index is 1.56. The first-order chi connectivity index (χ1) is 16.4. The van der Waals surface area contributed by atoms with Gasteiger partial charge >= 0.3 is 15.9 Å². The van der Waals surface area contributed by atoms with Crippen molar-refractivity contribution >= 4 is 15.9 Å². The van der Waals surface area contributed by atoms with Crippen molar-refractivity contribution in [3.63, 3.8) is 0 Å². The molecule has 0 aliphatic carbocycles. The van der Waals surface area contributed by atoms with Gasteiger partial charge in [-0.1, -0.05) is 42.5 Å². The van der Waals surface area contributed by atoms with Gasteiger partial charge in [-0.3, -0.25) is 0 Å². The lowest BCUT2D eigenvalue weighted by atomic mass is 9.93. The highest BCUT2D eigenvalue weighted by atomic mass is 28.4. The lowest BCUT2D eigenvalue weighted by Gasteiger charge is -2.42. The zero-order chi connectivity index (χ0) is 24.4. The monoisotopic (exact) mass is 495 g/mol. The second-order valence-corrected chi connectivity index (χ2v) is 10.7. The molecule has 0 amide bonds. The molecule has 0 aromatic heterocycles. The Hall–Kier alpha value is -1.82. The maximum absolute atomic E-state index is 14.2. The van der Waals surface area contributed by atoms with Crippen molar-refractivity contribution in [2.45, 2.75) is 51.9 Å². The average Bonchev–Trinajstić information content (AvgIpc) is 2.82. The van der Waals surface area contributed by atoms with Crippen LogP contribution in [0.2, 0.25) is 6.04 Å². The number of ether oxygens (including phenoxy) is 1. The number of benzene rings is 2. The Kier molecular flexibility index (Phi) is 10.1. The fourth-order valence-corrected chi connectivity index (χ4v) is 6.66. The first-order valence-corrected chi connectivity index (χ1v) is 13.9. The molecular weight excluding hydrogens is 461 g/mol. The Bertz CT molecular complexity index is 841. The number of hydrogen-bond donors (Lipinski definition) is 0. The Morgan fingerprint density at radius 3 is 1.88 bits per heavy atom. The summed E-state index contributed by atoms with van der Waals surface area (Å²) in [7, 11) is -7.05. The predicted octanol–water partition coefficient (Wildman–Crippen LogP) is 6.10. The van der Waals surface area contributed by atoms with Crippen LogP contribution in [0.4, 0.5) is 8.63 Å². The summed E-state index contributed by atoms with van der Waals surface area (Å²) in [6, 6.07) is 16.8. The third-order valence-electron chi connectivity index (χ3n) is 5.49. The molecule has 1 aliphatic heterocycles. The number of hydrogen-bond acceptors (Lipinski definition) is 6. The Labute approximate surface area is 201 Å². The van der Waals surface area contributed by atoms with Crippen molar-refractivity contribution in [1.82, 2.24) is 0 Å². The van der Waals surface area contributed by atoms with Crippen LogP contribution < -0.4 is 4.74 Å². The van der Waals surface area contributed by atoms with Crippen molar-refractivity contribution in [1.29, 1.82) is 0 Å². The van der Waals surface area contributed by atoms with Crippen molar-refractivity contribution in [3.8, 4) is 5.75 Å². The van der Waals surface area contributed by atoms with E-state index in [0.29, 0.717) is 62.2 Å².